The Balaban J connectivity index is 1.87. The van der Waals surface area contributed by atoms with Crippen molar-refractivity contribution in [3.05, 3.63) is 12.2 Å². The van der Waals surface area contributed by atoms with Crippen molar-refractivity contribution in [1.82, 2.24) is 9.80 Å². The first-order valence-corrected chi connectivity index (χ1v) is 7.44. The number of hydrogen-bond acceptors (Lipinski definition) is 3. The van der Waals surface area contributed by atoms with Crippen LogP contribution in [0.25, 0.3) is 0 Å². The lowest BCUT2D eigenvalue weighted by Crippen LogP contribution is -2.42. The van der Waals surface area contributed by atoms with Crippen LogP contribution in [0.5, 0.6) is 0 Å². The number of rotatable bonds is 5. The van der Waals surface area contributed by atoms with E-state index >= 15 is 0 Å². The Kier molecular flexibility index (Phi) is 5.17. The SMILES string of the molecule is CN(CCN1CCCC1)C(=O)C1CC=CCC1C(=O)O. The van der Waals surface area contributed by atoms with Crippen molar-refractivity contribution >= 4 is 11.9 Å². The van der Waals surface area contributed by atoms with Gasteiger partial charge in [0.1, 0.15) is 0 Å². The van der Waals surface area contributed by atoms with Gasteiger partial charge in [0.25, 0.3) is 0 Å². The number of carbonyl (C=O) groups is 2. The second kappa shape index (κ2) is 6.88. The monoisotopic (exact) mass is 280 g/mol. The van der Waals surface area contributed by atoms with Crippen molar-refractivity contribution < 1.29 is 14.7 Å². The quantitative estimate of drug-likeness (QED) is 0.769. The van der Waals surface area contributed by atoms with Gasteiger partial charge in [-0.2, -0.15) is 0 Å². The van der Waals surface area contributed by atoms with E-state index < -0.39 is 17.8 Å². The zero-order chi connectivity index (χ0) is 14.5. The third kappa shape index (κ3) is 3.60. The molecule has 0 spiro atoms. The van der Waals surface area contributed by atoms with E-state index in [9.17, 15) is 14.7 Å². The van der Waals surface area contributed by atoms with Crippen LogP contribution >= 0.6 is 0 Å². The lowest BCUT2D eigenvalue weighted by Gasteiger charge is -2.29. The molecule has 0 bridgehead atoms. The van der Waals surface area contributed by atoms with Crippen LogP contribution in [0.15, 0.2) is 12.2 Å². The van der Waals surface area contributed by atoms with E-state index in [4.69, 9.17) is 0 Å². The molecule has 0 aromatic heterocycles. The zero-order valence-electron chi connectivity index (χ0n) is 12.1. The number of nitrogens with zero attached hydrogens (tertiary/aromatic N) is 2. The summed E-state index contributed by atoms with van der Waals surface area (Å²) in [5, 5.41) is 9.23. The van der Waals surface area contributed by atoms with Gasteiger partial charge in [-0.05, 0) is 38.8 Å². The molecule has 2 atom stereocenters. The number of likely N-dealkylation sites (N-methyl/N-ethyl adjacent to an activating group) is 1. The molecule has 5 nitrogen and oxygen atoms in total. The number of carboxylic acid groups (broad SMARTS) is 1. The fraction of sp³-hybridized carbons (Fsp3) is 0.733. The largest absolute Gasteiger partial charge is 0.481 e. The molecule has 112 valence electrons. The Morgan fingerprint density at radius 1 is 1.20 bits per heavy atom. The predicted molar refractivity (Wildman–Crippen MR) is 76.3 cm³/mol. The number of amides is 1. The highest BCUT2D eigenvalue weighted by molar-refractivity contribution is 5.85. The van der Waals surface area contributed by atoms with Crippen molar-refractivity contribution in [2.45, 2.75) is 25.7 Å². The summed E-state index contributed by atoms with van der Waals surface area (Å²) in [6, 6.07) is 0. The first-order valence-electron chi connectivity index (χ1n) is 7.44. The van der Waals surface area contributed by atoms with Crippen LogP contribution < -0.4 is 0 Å². The van der Waals surface area contributed by atoms with Crippen LogP contribution in [0.1, 0.15) is 25.7 Å². The molecule has 2 rings (SSSR count). The summed E-state index contributed by atoms with van der Waals surface area (Å²) < 4.78 is 0. The number of carbonyl (C=O) groups excluding carboxylic acids is 1. The number of carboxylic acids is 1. The summed E-state index contributed by atoms with van der Waals surface area (Å²) in [4.78, 5) is 27.7. The second-order valence-corrected chi connectivity index (χ2v) is 5.80. The van der Waals surface area contributed by atoms with Crippen molar-refractivity contribution in [1.29, 1.82) is 0 Å². The molecule has 0 radical (unpaired) electrons. The minimum Gasteiger partial charge on any atom is -0.481 e. The molecule has 1 N–H and O–H groups in total. The summed E-state index contributed by atoms with van der Waals surface area (Å²) >= 11 is 0. The van der Waals surface area contributed by atoms with Crippen LogP contribution in [-0.4, -0.2) is 60.0 Å². The molecule has 0 saturated carbocycles. The third-order valence-corrected chi connectivity index (χ3v) is 4.39. The van der Waals surface area contributed by atoms with Gasteiger partial charge >= 0.3 is 5.97 Å². The minimum atomic E-state index is -0.861. The summed E-state index contributed by atoms with van der Waals surface area (Å²) in [5.41, 5.74) is 0. The number of aliphatic carboxylic acids is 1. The van der Waals surface area contributed by atoms with Crippen molar-refractivity contribution in [3.8, 4) is 0 Å². The standard InChI is InChI=1S/C15H24N2O3/c1-16(10-11-17-8-4-5-9-17)14(18)12-6-2-3-7-13(12)15(19)20/h2-3,12-13H,4-11H2,1H3,(H,19,20). The van der Waals surface area contributed by atoms with E-state index in [-0.39, 0.29) is 5.91 Å². The molecule has 0 aromatic carbocycles. The Morgan fingerprint density at radius 2 is 1.80 bits per heavy atom. The van der Waals surface area contributed by atoms with E-state index in [0.29, 0.717) is 19.4 Å². The smallest absolute Gasteiger partial charge is 0.307 e. The minimum absolute atomic E-state index is 0.0269. The Morgan fingerprint density at radius 3 is 2.40 bits per heavy atom. The summed E-state index contributed by atoms with van der Waals surface area (Å²) in [6.07, 6.45) is 7.29. The van der Waals surface area contributed by atoms with E-state index in [2.05, 4.69) is 4.90 Å². The van der Waals surface area contributed by atoms with Crippen LogP contribution in [0.3, 0.4) is 0 Å². The molecule has 5 heteroatoms. The maximum atomic E-state index is 12.4. The topological polar surface area (TPSA) is 60.9 Å². The lowest BCUT2D eigenvalue weighted by atomic mass is 9.82. The molecular formula is C15H24N2O3. The Bertz CT molecular complexity index is 389. The van der Waals surface area contributed by atoms with E-state index in [1.165, 1.54) is 12.8 Å². The molecule has 20 heavy (non-hydrogen) atoms. The highest BCUT2D eigenvalue weighted by atomic mass is 16.4. The first-order chi connectivity index (χ1) is 9.59. The average molecular weight is 280 g/mol. The van der Waals surface area contributed by atoms with E-state index in [0.717, 1.165) is 19.6 Å². The number of hydrogen-bond donors (Lipinski definition) is 1. The molecule has 0 aromatic rings. The highest BCUT2D eigenvalue weighted by Gasteiger charge is 2.35. The summed E-state index contributed by atoms with van der Waals surface area (Å²) in [5.74, 6) is -1.86. The average Bonchev–Trinajstić information content (AvgIpc) is 2.97. The van der Waals surface area contributed by atoms with Gasteiger partial charge in [0.2, 0.25) is 5.91 Å². The van der Waals surface area contributed by atoms with Crippen molar-refractivity contribution in [2.24, 2.45) is 11.8 Å². The summed E-state index contributed by atoms with van der Waals surface area (Å²) in [6.45, 7) is 3.81. The van der Waals surface area contributed by atoms with Gasteiger partial charge in [0.05, 0.1) is 11.8 Å². The van der Waals surface area contributed by atoms with Crippen LogP contribution in [0.2, 0.25) is 0 Å². The molecule has 2 unspecified atom stereocenters. The third-order valence-electron chi connectivity index (χ3n) is 4.39. The summed E-state index contributed by atoms with van der Waals surface area (Å²) in [7, 11) is 1.79. The van der Waals surface area contributed by atoms with Gasteiger partial charge in [0, 0.05) is 20.1 Å². The maximum absolute atomic E-state index is 12.4. The second-order valence-electron chi connectivity index (χ2n) is 5.80. The molecule has 1 saturated heterocycles. The van der Waals surface area contributed by atoms with Crippen LogP contribution in [0.4, 0.5) is 0 Å². The van der Waals surface area contributed by atoms with Crippen molar-refractivity contribution in [3.63, 3.8) is 0 Å². The predicted octanol–water partition coefficient (Wildman–Crippen LogP) is 1.21. The zero-order valence-corrected chi connectivity index (χ0v) is 12.1. The Hall–Kier alpha value is -1.36. The van der Waals surface area contributed by atoms with Gasteiger partial charge in [-0.15, -0.1) is 0 Å². The Labute approximate surface area is 120 Å². The molecule has 1 heterocycles. The molecule has 1 amide bonds. The maximum Gasteiger partial charge on any atom is 0.307 e. The fourth-order valence-electron chi connectivity index (χ4n) is 3.05. The normalized spacial score (nSPS) is 26.6. The number of allylic oxidation sites excluding steroid dienone is 2. The van der Waals surface area contributed by atoms with E-state index in [1.807, 2.05) is 12.2 Å². The van der Waals surface area contributed by atoms with Crippen LogP contribution in [-0.2, 0) is 9.59 Å². The molecular weight excluding hydrogens is 256 g/mol. The van der Waals surface area contributed by atoms with Crippen molar-refractivity contribution in [2.75, 3.05) is 33.2 Å². The fourth-order valence-corrected chi connectivity index (χ4v) is 3.05. The molecule has 2 aliphatic rings. The van der Waals surface area contributed by atoms with E-state index in [1.54, 1.807) is 11.9 Å². The molecule has 1 fully saturated rings. The highest BCUT2D eigenvalue weighted by Crippen LogP contribution is 2.27. The van der Waals surface area contributed by atoms with Gasteiger partial charge in [-0.25, -0.2) is 0 Å². The van der Waals surface area contributed by atoms with Gasteiger partial charge in [-0.1, -0.05) is 12.2 Å². The van der Waals surface area contributed by atoms with Gasteiger partial charge in [0.15, 0.2) is 0 Å². The van der Waals surface area contributed by atoms with Crippen LogP contribution in [0, 0.1) is 11.8 Å². The molecule has 1 aliphatic heterocycles. The first kappa shape index (κ1) is 15.0. The molecule has 1 aliphatic carbocycles. The van der Waals surface area contributed by atoms with Gasteiger partial charge in [-0.3, -0.25) is 9.59 Å². The number of likely N-dealkylation sites (tertiary alicyclic amines) is 1. The van der Waals surface area contributed by atoms with Gasteiger partial charge < -0.3 is 14.9 Å². The lowest BCUT2D eigenvalue weighted by molar-refractivity contribution is -0.150.